The molecule has 0 saturated heterocycles. The van der Waals surface area contributed by atoms with Crippen molar-refractivity contribution >= 4 is 11.0 Å². The summed E-state index contributed by atoms with van der Waals surface area (Å²) < 4.78 is 16.3. The molecule has 22 heavy (non-hydrogen) atoms. The van der Waals surface area contributed by atoms with Crippen LogP contribution >= 0.6 is 0 Å². The van der Waals surface area contributed by atoms with Gasteiger partial charge in [0.05, 0.1) is 19.6 Å². The van der Waals surface area contributed by atoms with Gasteiger partial charge in [-0.2, -0.15) is 0 Å². The minimum Gasteiger partial charge on any atom is -0.493 e. The van der Waals surface area contributed by atoms with Crippen molar-refractivity contribution in [1.29, 1.82) is 0 Å². The molecule has 3 rings (SSSR count). The first-order valence-electron chi connectivity index (χ1n) is 6.48. The van der Waals surface area contributed by atoms with E-state index in [1.807, 2.05) is 18.2 Å². The average Bonchev–Trinajstić information content (AvgIpc) is 2.54. The fourth-order valence-electron chi connectivity index (χ4n) is 2.24. The third kappa shape index (κ3) is 2.66. The monoisotopic (exact) mass is 300 g/mol. The van der Waals surface area contributed by atoms with Crippen molar-refractivity contribution in [2.24, 2.45) is 0 Å². The highest BCUT2D eigenvalue weighted by atomic mass is 16.5. The minimum atomic E-state index is -0.0679. The van der Waals surface area contributed by atoms with Gasteiger partial charge in [0, 0.05) is 11.6 Å². The number of methoxy groups -OCH3 is 2. The van der Waals surface area contributed by atoms with E-state index in [9.17, 15) is 4.79 Å². The number of rotatable bonds is 3. The van der Waals surface area contributed by atoms with E-state index in [4.69, 9.17) is 13.9 Å². The lowest BCUT2D eigenvalue weighted by atomic mass is 10.1. The molecule has 2 N–H and O–H groups in total. The van der Waals surface area contributed by atoms with Gasteiger partial charge in [-0.05, 0) is 30.3 Å². The summed E-state index contributed by atoms with van der Waals surface area (Å²) in [5, 5.41) is 0.571. The second-order valence-electron chi connectivity index (χ2n) is 4.54. The normalized spacial score (nSPS) is 10.1. The molecule has 5 nitrogen and oxygen atoms in total. The molecular weight excluding hydrogens is 284 g/mol. The molecule has 0 amide bonds. The molecule has 0 aliphatic rings. The third-order valence-electron chi connectivity index (χ3n) is 3.30. The number of fused-ring (bicyclic) bond motifs is 1. The van der Waals surface area contributed by atoms with Gasteiger partial charge in [0.1, 0.15) is 11.3 Å². The second-order valence-corrected chi connectivity index (χ2v) is 4.54. The van der Waals surface area contributed by atoms with Crippen LogP contribution in [-0.2, 0) is 0 Å². The molecule has 1 heterocycles. The van der Waals surface area contributed by atoms with Gasteiger partial charge in [-0.3, -0.25) is 4.79 Å². The molecule has 5 heteroatoms. The maximum absolute atomic E-state index is 12.1. The Labute approximate surface area is 127 Å². The van der Waals surface area contributed by atoms with Crippen LogP contribution in [0.1, 0.15) is 0 Å². The van der Waals surface area contributed by atoms with Crippen LogP contribution in [0.25, 0.3) is 22.3 Å². The van der Waals surface area contributed by atoms with E-state index >= 15 is 0 Å². The van der Waals surface area contributed by atoms with E-state index in [-0.39, 0.29) is 10.9 Å². The first-order valence-corrected chi connectivity index (χ1v) is 6.48. The molecule has 0 spiro atoms. The van der Waals surface area contributed by atoms with Crippen molar-refractivity contribution in [2.45, 2.75) is 0 Å². The molecule has 0 bridgehead atoms. The SMILES string of the molecule is COc1ccc(-c2cc(=O)c3ccccc3o2)cc1OC.O. The lowest BCUT2D eigenvalue weighted by Gasteiger charge is -2.09. The van der Waals surface area contributed by atoms with Crippen molar-refractivity contribution in [3.8, 4) is 22.8 Å². The highest BCUT2D eigenvalue weighted by Crippen LogP contribution is 2.32. The summed E-state index contributed by atoms with van der Waals surface area (Å²) in [5.74, 6) is 1.72. The van der Waals surface area contributed by atoms with Crippen LogP contribution in [0.2, 0.25) is 0 Å². The minimum absolute atomic E-state index is 0. The van der Waals surface area contributed by atoms with Gasteiger partial charge in [-0.25, -0.2) is 0 Å². The summed E-state index contributed by atoms with van der Waals surface area (Å²) in [6.07, 6.45) is 0. The smallest absolute Gasteiger partial charge is 0.193 e. The highest BCUT2D eigenvalue weighted by Gasteiger charge is 2.10. The maximum atomic E-state index is 12.1. The fourth-order valence-corrected chi connectivity index (χ4v) is 2.24. The molecule has 0 fully saturated rings. The topological polar surface area (TPSA) is 80.2 Å². The van der Waals surface area contributed by atoms with Crippen LogP contribution in [0.5, 0.6) is 11.5 Å². The van der Waals surface area contributed by atoms with E-state index in [0.29, 0.717) is 28.2 Å². The lowest BCUT2D eigenvalue weighted by molar-refractivity contribution is 0.355. The number of para-hydroxylation sites is 1. The van der Waals surface area contributed by atoms with Crippen LogP contribution in [0, 0.1) is 0 Å². The zero-order valence-corrected chi connectivity index (χ0v) is 12.3. The van der Waals surface area contributed by atoms with Crippen molar-refractivity contribution in [1.82, 2.24) is 0 Å². The molecule has 0 aliphatic heterocycles. The van der Waals surface area contributed by atoms with Gasteiger partial charge in [-0.1, -0.05) is 12.1 Å². The van der Waals surface area contributed by atoms with Crippen molar-refractivity contribution in [2.75, 3.05) is 14.2 Å². The Balaban J connectivity index is 0.00000176. The van der Waals surface area contributed by atoms with Crippen LogP contribution in [-0.4, -0.2) is 19.7 Å². The Kier molecular flexibility index (Phi) is 4.48. The standard InChI is InChI=1S/C17H14O4.H2O/c1-19-15-8-7-11(9-17(15)20-2)16-10-13(18)12-5-3-4-6-14(12)21-16;/h3-10H,1-2H3;1H2. The summed E-state index contributed by atoms with van der Waals surface area (Å²) in [5.41, 5.74) is 1.26. The van der Waals surface area contributed by atoms with Crippen molar-refractivity contribution in [3.05, 3.63) is 58.8 Å². The summed E-state index contributed by atoms with van der Waals surface area (Å²) in [6.45, 7) is 0. The quantitative estimate of drug-likeness (QED) is 0.744. The summed E-state index contributed by atoms with van der Waals surface area (Å²) in [6, 6.07) is 14.1. The zero-order valence-electron chi connectivity index (χ0n) is 12.3. The van der Waals surface area contributed by atoms with E-state index in [1.165, 1.54) is 6.07 Å². The number of hydrogen-bond acceptors (Lipinski definition) is 4. The zero-order chi connectivity index (χ0) is 14.8. The summed E-state index contributed by atoms with van der Waals surface area (Å²) >= 11 is 0. The first kappa shape index (κ1) is 15.6. The average molecular weight is 300 g/mol. The van der Waals surface area contributed by atoms with E-state index < -0.39 is 0 Å². The molecule has 3 aromatic rings. The predicted octanol–water partition coefficient (Wildman–Crippen LogP) is 2.65. The van der Waals surface area contributed by atoms with E-state index in [2.05, 4.69) is 0 Å². The Morgan fingerprint density at radius 1 is 0.909 bits per heavy atom. The lowest BCUT2D eigenvalue weighted by Crippen LogP contribution is -2.00. The summed E-state index contributed by atoms with van der Waals surface area (Å²) in [4.78, 5) is 12.1. The molecule has 0 saturated carbocycles. The van der Waals surface area contributed by atoms with E-state index in [1.54, 1.807) is 38.5 Å². The molecule has 0 radical (unpaired) electrons. The summed E-state index contributed by atoms with van der Waals surface area (Å²) in [7, 11) is 3.14. The molecular formula is C17H16O5. The Bertz CT molecular complexity index is 851. The predicted molar refractivity (Wildman–Crippen MR) is 84.6 cm³/mol. The fraction of sp³-hybridized carbons (Fsp3) is 0.118. The molecule has 2 aromatic carbocycles. The van der Waals surface area contributed by atoms with Gasteiger partial charge >= 0.3 is 0 Å². The number of benzene rings is 2. The molecule has 1 aromatic heterocycles. The van der Waals surface area contributed by atoms with Gasteiger partial charge < -0.3 is 19.4 Å². The van der Waals surface area contributed by atoms with Crippen LogP contribution in [0.15, 0.2) is 57.7 Å². The van der Waals surface area contributed by atoms with Crippen molar-refractivity contribution < 1.29 is 19.4 Å². The van der Waals surface area contributed by atoms with Crippen LogP contribution in [0.4, 0.5) is 0 Å². The maximum Gasteiger partial charge on any atom is 0.193 e. The number of ether oxygens (including phenoxy) is 2. The molecule has 114 valence electrons. The first-order chi connectivity index (χ1) is 10.2. The Hall–Kier alpha value is -2.79. The van der Waals surface area contributed by atoms with E-state index in [0.717, 1.165) is 5.56 Å². The van der Waals surface area contributed by atoms with Crippen LogP contribution in [0.3, 0.4) is 0 Å². The molecule has 0 unspecified atom stereocenters. The van der Waals surface area contributed by atoms with Gasteiger partial charge in [0.2, 0.25) is 0 Å². The number of hydrogen-bond donors (Lipinski definition) is 0. The van der Waals surface area contributed by atoms with Gasteiger partial charge in [0.15, 0.2) is 16.9 Å². The largest absolute Gasteiger partial charge is 0.493 e. The Morgan fingerprint density at radius 3 is 2.36 bits per heavy atom. The second kappa shape index (κ2) is 6.32. The highest BCUT2D eigenvalue weighted by molar-refractivity contribution is 5.78. The van der Waals surface area contributed by atoms with Crippen LogP contribution < -0.4 is 14.9 Å². The van der Waals surface area contributed by atoms with Gasteiger partial charge in [0.25, 0.3) is 0 Å². The van der Waals surface area contributed by atoms with Gasteiger partial charge in [-0.15, -0.1) is 0 Å². The third-order valence-corrected chi connectivity index (χ3v) is 3.30. The Morgan fingerprint density at radius 2 is 1.64 bits per heavy atom. The molecule has 0 aliphatic carbocycles. The van der Waals surface area contributed by atoms with Crippen molar-refractivity contribution in [3.63, 3.8) is 0 Å². The molecule has 0 atom stereocenters.